The number of nitrogens with zero attached hydrogens (tertiary/aromatic N) is 2. The van der Waals surface area contributed by atoms with Crippen LogP contribution in [-0.4, -0.2) is 39.0 Å². The summed E-state index contributed by atoms with van der Waals surface area (Å²) in [5.74, 6) is -0.811. The van der Waals surface area contributed by atoms with Crippen LogP contribution >= 0.6 is 0 Å². The molecule has 106 valence electrons. The van der Waals surface area contributed by atoms with Crippen molar-refractivity contribution in [3.8, 4) is 0 Å². The molecule has 1 N–H and O–H groups in total. The zero-order valence-corrected chi connectivity index (χ0v) is 11.2. The van der Waals surface area contributed by atoms with Crippen LogP contribution in [0.15, 0.2) is 24.4 Å². The molecule has 0 radical (unpaired) electrons. The van der Waals surface area contributed by atoms with Crippen molar-refractivity contribution in [2.45, 2.75) is 44.2 Å². The first-order chi connectivity index (χ1) is 9.68. The Morgan fingerprint density at radius 3 is 2.75 bits per heavy atom. The van der Waals surface area contributed by atoms with E-state index < -0.39 is 12.0 Å². The third-order valence-electron chi connectivity index (χ3n) is 4.49. The smallest absolute Gasteiger partial charge is 0.326 e. The molecule has 2 fully saturated rings. The summed E-state index contributed by atoms with van der Waals surface area (Å²) in [6.07, 6.45) is 6.29. The molecular formula is C15H18N2O3. The van der Waals surface area contributed by atoms with Gasteiger partial charge in [-0.15, -0.1) is 0 Å². The van der Waals surface area contributed by atoms with Crippen molar-refractivity contribution in [2.24, 2.45) is 5.92 Å². The zero-order chi connectivity index (χ0) is 14.1. The molecule has 0 bridgehead atoms. The molecule has 0 unspecified atom stereocenters. The van der Waals surface area contributed by atoms with Crippen LogP contribution in [0.2, 0.25) is 0 Å². The number of aliphatic carboxylic acids is 1. The van der Waals surface area contributed by atoms with Crippen LogP contribution in [0.5, 0.6) is 0 Å². The molecule has 20 heavy (non-hydrogen) atoms. The van der Waals surface area contributed by atoms with Gasteiger partial charge < -0.3 is 10.0 Å². The van der Waals surface area contributed by atoms with Crippen molar-refractivity contribution in [3.05, 3.63) is 30.1 Å². The van der Waals surface area contributed by atoms with E-state index in [4.69, 9.17) is 0 Å². The molecule has 1 aromatic rings. The molecule has 3 atom stereocenters. The Bertz CT molecular complexity index is 517. The van der Waals surface area contributed by atoms with Gasteiger partial charge >= 0.3 is 5.97 Å². The number of fused-ring (bicyclic) bond motifs is 1. The Balaban J connectivity index is 1.91. The van der Waals surface area contributed by atoms with Crippen molar-refractivity contribution in [2.75, 3.05) is 0 Å². The minimum absolute atomic E-state index is 0.0688. The van der Waals surface area contributed by atoms with Crippen molar-refractivity contribution in [1.29, 1.82) is 0 Å². The largest absolute Gasteiger partial charge is 0.480 e. The lowest BCUT2D eigenvalue weighted by molar-refractivity contribution is -0.141. The highest BCUT2D eigenvalue weighted by Crippen LogP contribution is 2.40. The molecule has 1 saturated carbocycles. The van der Waals surface area contributed by atoms with E-state index >= 15 is 0 Å². The van der Waals surface area contributed by atoms with E-state index in [1.807, 2.05) is 0 Å². The van der Waals surface area contributed by atoms with Crippen LogP contribution in [0.3, 0.4) is 0 Å². The molecular weight excluding hydrogens is 256 g/mol. The Kier molecular flexibility index (Phi) is 3.42. The predicted molar refractivity (Wildman–Crippen MR) is 72.2 cm³/mol. The van der Waals surface area contributed by atoms with E-state index in [1.54, 1.807) is 29.3 Å². The van der Waals surface area contributed by atoms with Gasteiger partial charge in [0.1, 0.15) is 11.7 Å². The number of likely N-dealkylation sites (tertiary alicyclic amines) is 1. The molecule has 5 nitrogen and oxygen atoms in total. The van der Waals surface area contributed by atoms with Gasteiger partial charge in [-0.1, -0.05) is 18.9 Å². The van der Waals surface area contributed by atoms with Gasteiger partial charge in [-0.25, -0.2) is 4.79 Å². The lowest BCUT2D eigenvalue weighted by Gasteiger charge is -2.32. The highest BCUT2D eigenvalue weighted by molar-refractivity contribution is 5.95. The van der Waals surface area contributed by atoms with Gasteiger partial charge in [0.15, 0.2) is 0 Å². The quantitative estimate of drug-likeness (QED) is 0.894. The molecule has 2 heterocycles. The number of amides is 1. The second-order valence-corrected chi connectivity index (χ2v) is 5.63. The summed E-state index contributed by atoms with van der Waals surface area (Å²) >= 11 is 0. The summed E-state index contributed by atoms with van der Waals surface area (Å²) in [6, 6.07) is 4.53. The van der Waals surface area contributed by atoms with E-state index in [2.05, 4.69) is 4.98 Å². The van der Waals surface area contributed by atoms with Gasteiger partial charge in [0, 0.05) is 12.2 Å². The first kappa shape index (κ1) is 13.1. The summed E-state index contributed by atoms with van der Waals surface area (Å²) in [7, 11) is 0. The first-order valence-corrected chi connectivity index (χ1v) is 7.15. The van der Waals surface area contributed by atoms with Gasteiger partial charge in [0.2, 0.25) is 0 Å². The number of carbonyl (C=O) groups is 2. The predicted octanol–water partition coefficient (Wildman–Crippen LogP) is 1.94. The zero-order valence-electron chi connectivity index (χ0n) is 11.2. The monoisotopic (exact) mass is 274 g/mol. The molecule has 1 aliphatic heterocycles. The van der Waals surface area contributed by atoms with E-state index in [0.29, 0.717) is 18.0 Å². The number of rotatable bonds is 2. The highest BCUT2D eigenvalue weighted by atomic mass is 16.4. The summed E-state index contributed by atoms with van der Waals surface area (Å²) < 4.78 is 0. The summed E-state index contributed by atoms with van der Waals surface area (Å²) in [5, 5.41) is 9.41. The van der Waals surface area contributed by atoms with Crippen molar-refractivity contribution in [1.82, 2.24) is 9.88 Å². The fraction of sp³-hybridized carbons (Fsp3) is 0.533. The number of carbonyl (C=O) groups excluding carboxylic acids is 1. The molecule has 3 rings (SSSR count). The van der Waals surface area contributed by atoms with Gasteiger partial charge in [-0.05, 0) is 37.3 Å². The third kappa shape index (κ3) is 2.17. The Morgan fingerprint density at radius 1 is 1.25 bits per heavy atom. The molecule has 1 aliphatic carbocycles. The third-order valence-corrected chi connectivity index (χ3v) is 4.49. The number of hydrogen-bond donors (Lipinski definition) is 1. The minimum atomic E-state index is -0.899. The summed E-state index contributed by atoms with van der Waals surface area (Å²) in [4.78, 5) is 29.7. The van der Waals surface area contributed by atoms with E-state index in [9.17, 15) is 14.7 Å². The Labute approximate surface area is 117 Å². The van der Waals surface area contributed by atoms with E-state index in [-0.39, 0.29) is 11.9 Å². The number of carboxylic acid groups (broad SMARTS) is 1. The van der Waals surface area contributed by atoms with Crippen molar-refractivity contribution < 1.29 is 14.7 Å². The van der Waals surface area contributed by atoms with Gasteiger partial charge in [0.25, 0.3) is 5.91 Å². The number of hydrogen-bond acceptors (Lipinski definition) is 3. The van der Waals surface area contributed by atoms with E-state index in [1.165, 1.54) is 0 Å². The van der Waals surface area contributed by atoms with Crippen LogP contribution in [0, 0.1) is 5.92 Å². The number of pyridine rings is 1. The fourth-order valence-corrected chi connectivity index (χ4v) is 3.59. The topological polar surface area (TPSA) is 70.5 Å². The lowest BCUT2D eigenvalue weighted by atomic mass is 9.84. The lowest BCUT2D eigenvalue weighted by Crippen LogP contribution is -2.46. The molecule has 1 amide bonds. The first-order valence-electron chi connectivity index (χ1n) is 7.15. The van der Waals surface area contributed by atoms with Crippen LogP contribution in [0.1, 0.15) is 42.6 Å². The average molecular weight is 274 g/mol. The SMILES string of the molecule is O=C(O)[C@@H]1C[C@H]2CCCC[C@H]2N1C(=O)c1ccccn1. The minimum Gasteiger partial charge on any atom is -0.480 e. The maximum atomic E-state index is 12.6. The average Bonchev–Trinajstić information content (AvgIpc) is 2.87. The van der Waals surface area contributed by atoms with Gasteiger partial charge in [-0.2, -0.15) is 0 Å². The van der Waals surface area contributed by atoms with Crippen LogP contribution in [-0.2, 0) is 4.79 Å². The number of carboxylic acids is 1. The molecule has 2 aliphatic rings. The maximum absolute atomic E-state index is 12.6. The highest BCUT2D eigenvalue weighted by Gasteiger charge is 2.47. The second kappa shape index (κ2) is 5.23. The fourth-order valence-electron chi connectivity index (χ4n) is 3.59. The van der Waals surface area contributed by atoms with Crippen molar-refractivity contribution in [3.63, 3.8) is 0 Å². The van der Waals surface area contributed by atoms with Gasteiger partial charge in [-0.3, -0.25) is 9.78 Å². The van der Waals surface area contributed by atoms with E-state index in [0.717, 1.165) is 25.7 Å². The number of aromatic nitrogens is 1. The van der Waals surface area contributed by atoms with Crippen molar-refractivity contribution >= 4 is 11.9 Å². The molecule has 1 aromatic heterocycles. The molecule has 0 aromatic carbocycles. The van der Waals surface area contributed by atoms with Crippen LogP contribution in [0.4, 0.5) is 0 Å². The molecule has 1 saturated heterocycles. The summed E-state index contributed by atoms with van der Waals surface area (Å²) in [6.45, 7) is 0. The second-order valence-electron chi connectivity index (χ2n) is 5.63. The normalized spacial score (nSPS) is 29.0. The molecule has 5 heteroatoms. The Morgan fingerprint density at radius 2 is 2.05 bits per heavy atom. The maximum Gasteiger partial charge on any atom is 0.326 e. The Hall–Kier alpha value is -1.91. The standard InChI is InChI=1S/C15H18N2O3/c18-14(11-6-3-4-8-16-11)17-12-7-2-1-5-10(12)9-13(17)15(19)20/h3-4,6,8,10,12-13H,1-2,5,7,9H2,(H,19,20)/t10-,12-,13+/m1/s1. The summed E-state index contributed by atoms with van der Waals surface area (Å²) in [5.41, 5.74) is 0.338. The van der Waals surface area contributed by atoms with Gasteiger partial charge in [0.05, 0.1) is 0 Å². The molecule has 0 spiro atoms. The van der Waals surface area contributed by atoms with Crippen LogP contribution < -0.4 is 0 Å². The van der Waals surface area contributed by atoms with Crippen LogP contribution in [0.25, 0.3) is 0 Å².